The van der Waals surface area contributed by atoms with Gasteiger partial charge in [0.15, 0.2) is 4.87 Å². The predicted octanol–water partition coefficient (Wildman–Crippen LogP) is 3.90. The predicted molar refractivity (Wildman–Crippen MR) is 107 cm³/mol. The average Bonchev–Trinajstić information content (AvgIpc) is 3.20. The van der Waals surface area contributed by atoms with E-state index >= 15 is 0 Å². The van der Waals surface area contributed by atoms with Crippen LogP contribution in [0.25, 0.3) is 0 Å². The number of thioether (sulfide) groups is 1. The lowest BCUT2D eigenvalue weighted by Gasteiger charge is -2.37. The van der Waals surface area contributed by atoms with E-state index in [1.807, 2.05) is 24.3 Å². The van der Waals surface area contributed by atoms with Crippen LogP contribution in [0.2, 0.25) is 0 Å². The highest BCUT2D eigenvalue weighted by Gasteiger charge is 2.60. The van der Waals surface area contributed by atoms with Crippen molar-refractivity contribution in [2.75, 3.05) is 17.2 Å². The number of para-hydroxylation sites is 1. The van der Waals surface area contributed by atoms with Crippen LogP contribution < -0.4 is 4.90 Å². The Morgan fingerprint density at radius 2 is 1.89 bits per heavy atom. The van der Waals surface area contributed by atoms with E-state index in [-0.39, 0.29) is 30.1 Å². The molecule has 3 aliphatic rings. The van der Waals surface area contributed by atoms with Crippen LogP contribution in [0.15, 0.2) is 48.5 Å². The molecule has 2 aromatic carbocycles. The van der Waals surface area contributed by atoms with E-state index in [1.54, 1.807) is 28.0 Å². The summed E-state index contributed by atoms with van der Waals surface area (Å²) in [6, 6.07) is 14.2. The van der Waals surface area contributed by atoms with Crippen molar-refractivity contribution >= 4 is 29.3 Å². The molecular weight excluding hydrogens is 375 g/mol. The first-order chi connectivity index (χ1) is 13.6. The number of nitrogens with zero attached hydrogens (tertiary/aromatic N) is 2. The summed E-state index contributed by atoms with van der Waals surface area (Å²) in [7, 11) is 0. The number of anilines is 1. The molecular formula is C22H21FN2O2S. The minimum absolute atomic E-state index is 0.0381. The molecule has 1 spiro atoms. The third-order valence-corrected chi connectivity index (χ3v) is 7.53. The van der Waals surface area contributed by atoms with E-state index in [4.69, 9.17) is 0 Å². The molecule has 0 unspecified atom stereocenters. The van der Waals surface area contributed by atoms with Gasteiger partial charge in [-0.3, -0.25) is 9.59 Å². The van der Waals surface area contributed by atoms with Crippen molar-refractivity contribution in [1.29, 1.82) is 0 Å². The Hall–Kier alpha value is -2.34. The molecule has 5 rings (SSSR count). The van der Waals surface area contributed by atoms with Crippen LogP contribution in [0.4, 0.5) is 10.1 Å². The van der Waals surface area contributed by atoms with Crippen LogP contribution in [0, 0.1) is 11.7 Å². The number of fused-ring (bicyclic) bond motifs is 2. The molecule has 1 saturated heterocycles. The number of halogens is 1. The van der Waals surface area contributed by atoms with Crippen molar-refractivity contribution < 1.29 is 14.0 Å². The van der Waals surface area contributed by atoms with Gasteiger partial charge in [-0.25, -0.2) is 4.39 Å². The highest BCUT2D eigenvalue weighted by Crippen LogP contribution is 2.55. The number of hydrogen-bond donors (Lipinski definition) is 0. The molecule has 1 aliphatic carbocycles. The van der Waals surface area contributed by atoms with Crippen molar-refractivity contribution in [2.24, 2.45) is 5.92 Å². The number of amides is 2. The number of benzene rings is 2. The maximum absolute atomic E-state index is 14.3. The van der Waals surface area contributed by atoms with Crippen LogP contribution in [0.5, 0.6) is 0 Å². The lowest BCUT2D eigenvalue weighted by molar-refractivity contribution is -0.145. The molecule has 2 aliphatic heterocycles. The van der Waals surface area contributed by atoms with Gasteiger partial charge in [-0.15, -0.1) is 11.8 Å². The van der Waals surface area contributed by atoms with E-state index in [2.05, 4.69) is 0 Å². The third-order valence-electron chi connectivity index (χ3n) is 6.11. The normalized spacial score (nSPS) is 24.0. The second kappa shape index (κ2) is 6.62. The van der Waals surface area contributed by atoms with E-state index in [0.29, 0.717) is 12.1 Å². The van der Waals surface area contributed by atoms with Crippen molar-refractivity contribution in [3.8, 4) is 0 Å². The van der Waals surface area contributed by atoms with E-state index in [1.165, 1.54) is 17.8 Å². The fourth-order valence-corrected chi connectivity index (χ4v) is 5.89. The van der Waals surface area contributed by atoms with Crippen molar-refractivity contribution in [1.82, 2.24) is 4.90 Å². The van der Waals surface area contributed by atoms with Gasteiger partial charge in [-0.1, -0.05) is 42.8 Å². The van der Waals surface area contributed by atoms with Crippen molar-refractivity contribution in [3.05, 3.63) is 65.5 Å². The van der Waals surface area contributed by atoms with Gasteiger partial charge in [0, 0.05) is 29.3 Å². The van der Waals surface area contributed by atoms with E-state index < -0.39 is 4.87 Å². The molecule has 1 atom stereocenters. The van der Waals surface area contributed by atoms with Crippen LogP contribution in [0.3, 0.4) is 0 Å². The van der Waals surface area contributed by atoms with Gasteiger partial charge < -0.3 is 9.80 Å². The molecule has 1 saturated carbocycles. The molecule has 2 aromatic rings. The molecule has 0 aromatic heterocycles. The second-order valence-electron chi connectivity index (χ2n) is 7.61. The minimum atomic E-state index is -1.01. The summed E-state index contributed by atoms with van der Waals surface area (Å²) >= 11 is 1.53. The monoisotopic (exact) mass is 396 g/mol. The minimum Gasteiger partial charge on any atom is -0.315 e. The highest BCUT2D eigenvalue weighted by atomic mass is 32.2. The number of carbonyl (C=O) groups excluding carboxylic acids is 2. The van der Waals surface area contributed by atoms with E-state index in [0.717, 1.165) is 36.3 Å². The number of rotatable bonds is 3. The average molecular weight is 396 g/mol. The first kappa shape index (κ1) is 17.7. The molecule has 0 N–H and O–H groups in total. The molecule has 28 heavy (non-hydrogen) atoms. The Bertz CT molecular complexity index is 961. The summed E-state index contributed by atoms with van der Waals surface area (Å²) in [4.78, 5) is 29.3. The van der Waals surface area contributed by atoms with Crippen LogP contribution in [-0.4, -0.2) is 29.0 Å². The fraction of sp³-hybridized carbons (Fsp3) is 0.364. The standard InChI is InChI=1S/C22H21FN2O2S/c23-18-10-3-1-6-16(18)14-24-19-11-4-2-9-17(19)22(21(24)27)25(12-13-28-22)20(26)15-7-5-8-15/h1-4,6,9-11,15H,5,7-8,12-14H2/t22-/m0/s1. The Balaban J connectivity index is 1.57. The maximum Gasteiger partial charge on any atom is 0.268 e. The van der Waals surface area contributed by atoms with E-state index in [9.17, 15) is 14.0 Å². The Labute approximate surface area is 167 Å². The highest BCUT2D eigenvalue weighted by molar-refractivity contribution is 8.01. The molecule has 4 nitrogen and oxygen atoms in total. The zero-order chi connectivity index (χ0) is 19.3. The van der Waals surface area contributed by atoms with Gasteiger partial charge in [0.2, 0.25) is 5.91 Å². The van der Waals surface area contributed by atoms with Crippen LogP contribution >= 0.6 is 11.8 Å². The van der Waals surface area contributed by atoms with Gasteiger partial charge in [-0.2, -0.15) is 0 Å². The SMILES string of the molecule is O=C(C1CCC1)N1CCS[C@@]12C(=O)N(Cc1ccccc1F)c1ccccc12. The summed E-state index contributed by atoms with van der Waals surface area (Å²) in [6.45, 7) is 0.740. The van der Waals surface area contributed by atoms with Crippen molar-refractivity contribution in [2.45, 2.75) is 30.7 Å². The quantitative estimate of drug-likeness (QED) is 0.790. The largest absolute Gasteiger partial charge is 0.315 e. The van der Waals surface area contributed by atoms with Gasteiger partial charge in [0.25, 0.3) is 5.91 Å². The second-order valence-corrected chi connectivity index (χ2v) is 8.90. The third kappa shape index (κ3) is 2.43. The topological polar surface area (TPSA) is 40.6 Å². The lowest BCUT2D eigenvalue weighted by Crippen LogP contribution is -2.52. The Kier molecular flexibility index (Phi) is 4.19. The summed E-state index contributed by atoms with van der Waals surface area (Å²) < 4.78 is 14.3. The molecule has 0 bridgehead atoms. The molecule has 2 amide bonds. The lowest BCUT2D eigenvalue weighted by atomic mass is 9.84. The first-order valence-electron chi connectivity index (χ1n) is 9.73. The zero-order valence-corrected chi connectivity index (χ0v) is 16.3. The molecule has 0 radical (unpaired) electrons. The summed E-state index contributed by atoms with van der Waals surface area (Å²) in [5, 5.41) is 0. The van der Waals surface area contributed by atoms with Crippen LogP contribution in [0.1, 0.15) is 30.4 Å². The maximum atomic E-state index is 14.3. The van der Waals surface area contributed by atoms with Crippen LogP contribution in [-0.2, 0) is 21.0 Å². The molecule has 2 heterocycles. The molecule has 144 valence electrons. The van der Waals surface area contributed by atoms with Crippen molar-refractivity contribution in [3.63, 3.8) is 0 Å². The number of hydrogen-bond acceptors (Lipinski definition) is 3. The van der Waals surface area contributed by atoms with Gasteiger partial charge >= 0.3 is 0 Å². The molecule has 2 fully saturated rings. The number of carbonyl (C=O) groups is 2. The smallest absolute Gasteiger partial charge is 0.268 e. The van der Waals surface area contributed by atoms with Gasteiger partial charge in [-0.05, 0) is 25.0 Å². The summed E-state index contributed by atoms with van der Waals surface area (Å²) in [5.74, 6) is 0.400. The summed E-state index contributed by atoms with van der Waals surface area (Å²) in [6.07, 6.45) is 2.89. The Morgan fingerprint density at radius 1 is 1.14 bits per heavy atom. The molecule has 6 heteroatoms. The Morgan fingerprint density at radius 3 is 2.64 bits per heavy atom. The summed E-state index contributed by atoms with van der Waals surface area (Å²) in [5.41, 5.74) is 2.10. The zero-order valence-electron chi connectivity index (χ0n) is 15.4. The van der Waals surface area contributed by atoms with Gasteiger partial charge in [0.1, 0.15) is 5.82 Å². The fourth-order valence-electron chi connectivity index (χ4n) is 4.42. The van der Waals surface area contributed by atoms with Gasteiger partial charge in [0.05, 0.1) is 12.2 Å². The first-order valence-corrected chi connectivity index (χ1v) is 10.7.